The molecule has 1 aromatic carbocycles. The maximum atomic E-state index is 13.0. The van der Waals surface area contributed by atoms with E-state index in [9.17, 15) is 22.8 Å². The number of hydrogen-bond donors (Lipinski definition) is 2. The molecule has 1 aliphatic heterocycles. The van der Waals surface area contributed by atoms with Gasteiger partial charge in [-0.3, -0.25) is 19.5 Å². The van der Waals surface area contributed by atoms with Gasteiger partial charge in [0.05, 0.1) is 49.6 Å². The topological polar surface area (TPSA) is 128 Å². The fraction of sp³-hybridized carbons (Fsp3) is 0.320. The summed E-state index contributed by atoms with van der Waals surface area (Å²) in [5.41, 5.74) is 1.20. The fourth-order valence-electron chi connectivity index (χ4n) is 3.75. The number of amides is 2. The van der Waals surface area contributed by atoms with E-state index in [0.717, 1.165) is 18.2 Å². The van der Waals surface area contributed by atoms with Crippen LogP contribution in [0.3, 0.4) is 0 Å². The molecule has 206 valence electrons. The van der Waals surface area contributed by atoms with Crippen molar-refractivity contribution in [1.29, 1.82) is 0 Å². The number of benzene rings is 1. The second-order valence-electron chi connectivity index (χ2n) is 8.42. The number of morpholine rings is 1. The molecule has 1 unspecified atom stereocenters. The number of nitrogens with zero attached hydrogens (tertiary/aromatic N) is 4. The molecule has 4 rings (SSSR count). The Bertz CT molecular complexity index is 1300. The molecule has 2 amide bonds. The van der Waals surface area contributed by atoms with Gasteiger partial charge in [-0.1, -0.05) is 0 Å². The third-order valence-corrected chi connectivity index (χ3v) is 5.83. The molecule has 11 nitrogen and oxygen atoms in total. The molecule has 2 aromatic heterocycles. The van der Waals surface area contributed by atoms with Crippen LogP contribution >= 0.6 is 0 Å². The molecule has 3 aromatic rings. The SMILES string of the molecule is COc1ncc(-c2ccc(NC(=O)c3ccc(OC(F)(F)F)c(NC(=O)C(C)N4CCOCC4)c3)cn2)cn1. The van der Waals surface area contributed by atoms with Crippen molar-refractivity contribution in [3.05, 3.63) is 54.5 Å². The molecule has 1 fully saturated rings. The summed E-state index contributed by atoms with van der Waals surface area (Å²) in [5.74, 6) is -1.83. The molecule has 0 spiro atoms. The lowest BCUT2D eigenvalue weighted by molar-refractivity contribution is -0.274. The van der Waals surface area contributed by atoms with Crippen LogP contribution < -0.4 is 20.1 Å². The minimum Gasteiger partial charge on any atom is -0.467 e. The summed E-state index contributed by atoms with van der Waals surface area (Å²) in [6.45, 7) is 3.53. The van der Waals surface area contributed by atoms with Gasteiger partial charge in [-0.05, 0) is 37.3 Å². The largest absolute Gasteiger partial charge is 0.573 e. The van der Waals surface area contributed by atoms with Crippen molar-refractivity contribution in [2.45, 2.75) is 19.3 Å². The van der Waals surface area contributed by atoms with Gasteiger partial charge in [0, 0.05) is 36.6 Å². The Balaban J connectivity index is 1.49. The van der Waals surface area contributed by atoms with E-state index in [0.29, 0.717) is 43.2 Å². The second-order valence-corrected chi connectivity index (χ2v) is 8.42. The zero-order chi connectivity index (χ0) is 28.0. The Morgan fingerprint density at radius 3 is 2.36 bits per heavy atom. The van der Waals surface area contributed by atoms with E-state index in [1.54, 1.807) is 19.1 Å². The highest BCUT2D eigenvalue weighted by Gasteiger charge is 2.33. The lowest BCUT2D eigenvalue weighted by Gasteiger charge is -2.31. The lowest BCUT2D eigenvalue weighted by atomic mass is 10.1. The van der Waals surface area contributed by atoms with Gasteiger partial charge in [-0.15, -0.1) is 13.2 Å². The number of ether oxygens (including phenoxy) is 3. The maximum Gasteiger partial charge on any atom is 0.573 e. The average Bonchev–Trinajstić information content (AvgIpc) is 2.93. The van der Waals surface area contributed by atoms with Crippen molar-refractivity contribution in [2.75, 3.05) is 44.0 Å². The van der Waals surface area contributed by atoms with Crippen LogP contribution in [0, 0.1) is 0 Å². The summed E-state index contributed by atoms with van der Waals surface area (Å²) in [6.07, 6.45) is -0.522. The molecule has 2 N–H and O–H groups in total. The first-order chi connectivity index (χ1) is 18.6. The van der Waals surface area contributed by atoms with Gasteiger partial charge in [0.2, 0.25) is 5.91 Å². The molecule has 1 saturated heterocycles. The molecule has 0 saturated carbocycles. The minimum absolute atomic E-state index is 0.00789. The van der Waals surface area contributed by atoms with E-state index in [4.69, 9.17) is 9.47 Å². The summed E-state index contributed by atoms with van der Waals surface area (Å²) in [4.78, 5) is 39.9. The molecule has 0 radical (unpaired) electrons. The zero-order valence-corrected chi connectivity index (χ0v) is 21.0. The van der Waals surface area contributed by atoms with Gasteiger partial charge in [0.25, 0.3) is 5.91 Å². The number of carbonyl (C=O) groups is 2. The molecule has 0 aliphatic carbocycles. The number of hydrogen-bond acceptors (Lipinski definition) is 9. The third kappa shape index (κ3) is 7.39. The van der Waals surface area contributed by atoms with Gasteiger partial charge in [-0.2, -0.15) is 0 Å². The van der Waals surface area contributed by atoms with Crippen molar-refractivity contribution < 1.29 is 37.0 Å². The summed E-state index contributed by atoms with van der Waals surface area (Å²) in [5, 5.41) is 5.09. The lowest BCUT2D eigenvalue weighted by Crippen LogP contribution is -2.47. The fourth-order valence-corrected chi connectivity index (χ4v) is 3.75. The third-order valence-electron chi connectivity index (χ3n) is 5.83. The van der Waals surface area contributed by atoms with Crippen LogP contribution in [0.15, 0.2) is 48.9 Å². The predicted molar refractivity (Wildman–Crippen MR) is 133 cm³/mol. The highest BCUT2D eigenvalue weighted by atomic mass is 19.4. The maximum absolute atomic E-state index is 13.0. The highest BCUT2D eigenvalue weighted by Crippen LogP contribution is 2.32. The van der Waals surface area contributed by atoms with E-state index in [2.05, 4.69) is 30.3 Å². The Hall–Kier alpha value is -4.30. The van der Waals surface area contributed by atoms with E-state index >= 15 is 0 Å². The first-order valence-electron chi connectivity index (χ1n) is 11.8. The number of anilines is 2. The number of rotatable bonds is 8. The van der Waals surface area contributed by atoms with Crippen LogP contribution in [0.5, 0.6) is 11.8 Å². The van der Waals surface area contributed by atoms with Gasteiger partial charge in [0.1, 0.15) is 0 Å². The number of methoxy groups -OCH3 is 1. The normalized spacial score (nSPS) is 14.8. The predicted octanol–water partition coefficient (Wildman–Crippen LogP) is 3.36. The molecule has 3 heterocycles. The molecule has 39 heavy (non-hydrogen) atoms. The molecular formula is C25H25F3N6O5. The van der Waals surface area contributed by atoms with Crippen molar-refractivity contribution in [3.63, 3.8) is 0 Å². The van der Waals surface area contributed by atoms with Crippen LogP contribution in [0.1, 0.15) is 17.3 Å². The summed E-state index contributed by atoms with van der Waals surface area (Å²) in [7, 11) is 1.45. The summed E-state index contributed by atoms with van der Waals surface area (Å²) >= 11 is 0. The van der Waals surface area contributed by atoms with Crippen LogP contribution in [0.2, 0.25) is 0 Å². The van der Waals surface area contributed by atoms with Crippen molar-refractivity contribution in [2.24, 2.45) is 0 Å². The van der Waals surface area contributed by atoms with Crippen molar-refractivity contribution in [1.82, 2.24) is 19.9 Å². The van der Waals surface area contributed by atoms with Gasteiger partial charge in [0.15, 0.2) is 5.75 Å². The molecule has 1 aliphatic rings. The van der Waals surface area contributed by atoms with Gasteiger partial charge >= 0.3 is 12.4 Å². The Morgan fingerprint density at radius 2 is 1.74 bits per heavy atom. The van der Waals surface area contributed by atoms with Crippen LogP contribution in [-0.2, 0) is 9.53 Å². The zero-order valence-electron chi connectivity index (χ0n) is 21.0. The van der Waals surface area contributed by atoms with Crippen LogP contribution in [0.25, 0.3) is 11.3 Å². The number of pyridine rings is 1. The smallest absolute Gasteiger partial charge is 0.467 e. The Morgan fingerprint density at radius 1 is 1.03 bits per heavy atom. The van der Waals surface area contributed by atoms with Crippen LogP contribution in [0.4, 0.5) is 24.5 Å². The number of nitrogens with one attached hydrogen (secondary N) is 2. The second kappa shape index (κ2) is 12.0. The van der Waals surface area contributed by atoms with E-state index in [1.165, 1.54) is 25.7 Å². The first-order valence-corrected chi connectivity index (χ1v) is 11.8. The Kier molecular flexibility index (Phi) is 8.56. The first kappa shape index (κ1) is 27.7. The van der Waals surface area contributed by atoms with Gasteiger partial charge in [-0.25, -0.2) is 9.97 Å². The Labute approximate surface area is 221 Å². The quantitative estimate of drug-likeness (QED) is 0.437. The average molecular weight is 547 g/mol. The van der Waals surface area contributed by atoms with Crippen LogP contribution in [-0.4, -0.2) is 77.5 Å². The number of halogens is 3. The van der Waals surface area contributed by atoms with Gasteiger partial charge < -0.3 is 24.8 Å². The van der Waals surface area contributed by atoms with E-state index in [-0.39, 0.29) is 17.3 Å². The van der Waals surface area contributed by atoms with E-state index < -0.39 is 30.0 Å². The number of alkyl halides is 3. The molecular weight excluding hydrogens is 521 g/mol. The summed E-state index contributed by atoms with van der Waals surface area (Å²) < 4.78 is 53.2. The highest BCUT2D eigenvalue weighted by molar-refractivity contribution is 6.06. The monoisotopic (exact) mass is 546 g/mol. The van der Waals surface area contributed by atoms with Crippen molar-refractivity contribution in [3.8, 4) is 23.0 Å². The summed E-state index contributed by atoms with van der Waals surface area (Å²) in [6, 6.07) is 6.05. The molecule has 1 atom stereocenters. The van der Waals surface area contributed by atoms with E-state index in [1.807, 2.05) is 4.90 Å². The standard InChI is InChI=1S/C25H25F3N6O5/c1-15(34-7-9-38-10-8-34)22(35)33-20-11-16(3-6-21(20)39-25(26,27)28)23(36)32-18-4-5-19(29-14-18)17-12-30-24(37-2)31-13-17/h3-6,11-15H,7-10H2,1-2H3,(H,32,36)(H,33,35). The minimum atomic E-state index is -5.00. The van der Waals surface area contributed by atoms with Crippen molar-refractivity contribution >= 4 is 23.2 Å². The number of aromatic nitrogens is 3. The molecule has 0 bridgehead atoms. The number of carbonyl (C=O) groups excluding carboxylic acids is 2. The molecule has 14 heteroatoms.